The number of nitrogens with zero attached hydrogens (tertiary/aromatic N) is 1. The van der Waals surface area contributed by atoms with Crippen molar-refractivity contribution in [3.8, 4) is 11.5 Å². The van der Waals surface area contributed by atoms with E-state index in [1.54, 1.807) is 20.4 Å². The number of anilines is 1. The molecule has 6 heteroatoms. The van der Waals surface area contributed by atoms with Gasteiger partial charge in [0, 0.05) is 0 Å². The number of rotatable bonds is 5. The van der Waals surface area contributed by atoms with Gasteiger partial charge in [0.2, 0.25) is 0 Å². The van der Waals surface area contributed by atoms with Crippen molar-refractivity contribution in [1.82, 2.24) is 5.43 Å². The Balaban J connectivity index is 1.90. The van der Waals surface area contributed by atoms with Crippen molar-refractivity contribution < 1.29 is 9.47 Å². The van der Waals surface area contributed by atoms with Crippen molar-refractivity contribution >= 4 is 29.2 Å². The summed E-state index contributed by atoms with van der Waals surface area (Å²) in [6.07, 6.45) is 1.68. The summed E-state index contributed by atoms with van der Waals surface area (Å²) in [4.78, 5) is 0. The first-order chi connectivity index (χ1) is 10.7. The number of ether oxygens (including phenoxy) is 2. The molecule has 0 bridgehead atoms. The highest BCUT2D eigenvalue weighted by atomic mass is 32.1. The number of hydrazone groups is 1. The summed E-state index contributed by atoms with van der Waals surface area (Å²) in [6, 6.07) is 15.1. The minimum absolute atomic E-state index is 0.384. The van der Waals surface area contributed by atoms with Crippen LogP contribution in [0.1, 0.15) is 5.56 Å². The van der Waals surface area contributed by atoms with Gasteiger partial charge in [-0.25, -0.2) is 0 Å². The molecule has 114 valence electrons. The number of hydrogen-bond acceptors (Lipinski definition) is 4. The average Bonchev–Trinajstić information content (AvgIpc) is 2.56. The fourth-order valence-electron chi connectivity index (χ4n) is 1.75. The van der Waals surface area contributed by atoms with Crippen molar-refractivity contribution in [2.75, 3.05) is 19.5 Å². The topological polar surface area (TPSA) is 54.9 Å². The molecule has 5 nitrogen and oxygen atoms in total. The zero-order chi connectivity index (χ0) is 15.8. The Kier molecular flexibility index (Phi) is 5.73. The second-order valence-electron chi connectivity index (χ2n) is 4.30. The fourth-order valence-corrected chi connectivity index (χ4v) is 1.92. The summed E-state index contributed by atoms with van der Waals surface area (Å²) in [5.41, 5.74) is 4.48. The molecular formula is C16H17N3O2S. The van der Waals surface area contributed by atoms with Crippen LogP contribution in [0, 0.1) is 0 Å². The van der Waals surface area contributed by atoms with Gasteiger partial charge in [-0.1, -0.05) is 12.1 Å². The van der Waals surface area contributed by atoms with Gasteiger partial charge in [0.15, 0.2) is 5.11 Å². The van der Waals surface area contributed by atoms with E-state index in [0.717, 1.165) is 17.0 Å². The smallest absolute Gasteiger partial charge is 0.191 e. The largest absolute Gasteiger partial charge is 0.497 e. The number of methoxy groups -OCH3 is 2. The summed E-state index contributed by atoms with van der Waals surface area (Å²) in [6.45, 7) is 0. The molecule has 2 rings (SSSR count). The first-order valence-electron chi connectivity index (χ1n) is 6.60. The predicted octanol–water partition coefficient (Wildman–Crippen LogP) is 3.02. The van der Waals surface area contributed by atoms with Crippen LogP contribution in [0.3, 0.4) is 0 Å². The lowest BCUT2D eigenvalue weighted by Gasteiger charge is -2.10. The van der Waals surface area contributed by atoms with E-state index in [-0.39, 0.29) is 0 Å². The maximum absolute atomic E-state index is 5.24. The molecule has 0 radical (unpaired) electrons. The lowest BCUT2D eigenvalue weighted by molar-refractivity contribution is 0.415. The van der Waals surface area contributed by atoms with Crippen LogP contribution in [0.15, 0.2) is 53.6 Å². The number of para-hydroxylation sites is 2. The van der Waals surface area contributed by atoms with Gasteiger partial charge in [-0.3, -0.25) is 5.43 Å². The van der Waals surface area contributed by atoms with E-state index < -0.39 is 0 Å². The summed E-state index contributed by atoms with van der Waals surface area (Å²) in [7, 11) is 3.24. The third kappa shape index (κ3) is 4.46. The molecule has 0 spiro atoms. The summed E-state index contributed by atoms with van der Waals surface area (Å²) < 4.78 is 10.3. The summed E-state index contributed by atoms with van der Waals surface area (Å²) in [5, 5.41) is 7.50. The quantitative estimate of drug-likeness (QED) is 0.505. The Morgan fingerprint density at radius 3 is 2.45 bits per heavy atom. The SMILES string of the molecule is COc1ccc(C=NNC(=S)Nc2ccccc2OC)cc1. The normalized spacial score (nSPS) is 10.3. The standard InChI is InChI=1S/C16H17N3O2S/c1-20-13-9-7-12(8-10-13)11-17-19-16(22)18-14-5-3-4-6-15(14)21-2/h3-11H,1-2H3,(H2,18,19,22). The summed E-state index contributed by atoms with van der Waals surface area (Å²) in [5.74, 6) is 1.52. The molecule has 0 saturated carbocycles. The lowest BCUT2D eigenvalue weighted by atomic mass is 10.2. The Labute approximate surface area is 134 Å². The lowest BCUT2D eigenvalue weighted by Crippen LogP contribution is -2.24. The highest BCUT2D eigenvalue weighted by Gasteiger charge is 2.02. The molecule has 0 saturated heterocycles. The van der Waals surface area contributed by atoms with E-state index in [1.807, 2.05) is 48.5 Å². The summed E-state index contributed by atoms with van der Waals surface area (Å²) >= 11 is 5.19. The molecule has 0 heterocycles. The first-order valence-corrected chi connectivity index (χ1v) is 7.01. The Morgan fingerprint density at radius 2 is 1.77 bits per heavy atom. The molecule has 0 aromatic heterocycles. The number of nitrogens with one attached hydrogen (secondary N) is 2. The maximum Gasteiger partial charge on any atom is 0.191 e. The van der Waals surface area contributed by atoms with E-state index >= 15 is 0 Å². The minimum atomic E-state index is 0.384. The molecule has 2 aromatic rings. The first kappa shape index (κ1) is 15.8. The zero-order valence-electron chi connectivity index (χ0n) is 12.4. The van der Waals surface area contributed by atoms with Gasteiger partial charge < -0.3 is 14.8 Å². The molecule has 0 unspecified atom stereocenters. The van der Waals surface area contributed by atoms with Crippen molar-refractivity contribution in [2.45, 2.75) is 0 Å². The van der Waals surface area contributed by atoms with Gasteiger partial charge in [0.05, 0.1) is 26.1 Å². The third-order valence-electron chi connectivity index (χ3n) is 2.85. The van der Waals surface area contributed by atoms with Gasteiger partial charge >= 0.3 is 0 Å². The molecule has 2 N–H and O–H groups in total. The molecule has 0 amide bonds. The predicted molar refractivity (Wildman–Crippen MR) is 92.9 cm³/mol. The number of benzene rings is 2. The fraction of sp³-hybridized carbons (Fsp3) is 0.125. The minimum Gasteiger partial charge on any atom is -0.497 e. The monoisotopic (exact) mass is 315 g/mol. The van der Waals surface area contributed by atoms with Crippen molar-refractivity contribution in [3.63, 3.8) is 0 Å². The molecule has 0 fully saturated rings. The molecular weight excluding hydrogens is 298 g/mol. The highest BCUT2D eigenvalue weighted by molar-refractivity contribution is 7.80. The van der Waals surface area contributed by atoms with Crippen molar-refractivity contribution in [2.24, 2.45) is 5.10 Å². The molecule has 0 atom stereocenters. The third-order valence-corrected chi connectivity index (χ3v) is 3.04. The van der Waals surface area contributed by atoms with Crippen molar-refractivity contribution in [1.29, 1.82) is 0 Å². The van der Waals surface area contributed by atoms with Crippen LogP contribution >= 0.6 is 12.2 Å². The average molecular weight is 315 g/mol. The molecule has 0 aliphatic heterocycles. The molecule has 2 aromatic carbocycles. The highest BCUT2D eigenvalue weighted by Crippen LogP contribution is 2.22. The van der Waals surface area contributed by atoms with Crippen LogP contribution in [0.4, 0.5) is 5.69 Å². The zero-order valence-corrected chi connectivity index (χ0v) is 13.2. The van der Waals surface area contributed by atoms with Crippen LogP contribution < -0.4 is 20.2 Å². The Morgan fingerprint density at radius 1 is 1.05 bits per heavy atom. The molecule has 0 aliphatic carbocycles. The Hall–Kier alpha value is -2.60. The van der Waals surface area contributed by atoms with Gasteiger partial charge in [0.1, 0.15) is 11.5 Å². The number of thiocarbonyl (C=S) groups is 1. The second-order valence-corrected chi connectivity index (χ2v) is 4.71. The van der Waals surface area contributed by atoms with Crippen LogP contribution in [-0.2, 0) is 0 Å². The molecule has 22 heavy (non-hydrogen) atoms. The van der Waals surface area contributed by atoms with E-state index in [2.05, 4.69) is 15.8 Å². The van der Waals surface area contributed by atoms with Gasteiger partial charge in [-0.05, 0) is 54.2 Å². The Bertz CT molecular complexity index is 657. The van der Waals surface area contributed by atoms with Crippen LogP contribution in [-0.4, -0.2) is 25.5 Å². The maximum atomic E-state index is 5.24. The second kappa shape index (κ2) is 7.99. The van der Waals surface area contributed by atoms with E-state index in [9.17, 15) is 0 Å². The van der Waals surface area contributed by atoms with Gasteiger partial charge in [-0.15, -0.1) is 0 Å². The van der Waals surface area contributed by atoms with E-state index in [4.69, 9.17) is 21.7 Å². The van der Waals surface area contributed by atoms with Gasteiger partial charge in [-0.2, -0.15) is 5.10 Å². The van der Waals surface area contributed by atoms with Gasteiger partial charge in [0.25, 0.3) is 0 Å². The van der Waals surface area contributed by atoms with Crippen LogP contribution in [0.25, 0.3) is 0 Å². The number of hydrogen-bond donors (Lipinski definition) is 2. The van der Waals surface area contributed by atoms with Crippen molar-refractivity contribution in [3.05, 3.63) is 54.1 Å². The van der Waals surface area contributed by atoms with E-state index in [0.29, 0.717) is 10.9 Å². The van der Waals surface area contributed by atoms with Crippen LogP contribution in [0.2, 0.25) is 0 Å². The van der Waals surface area contributed by atoms with E-state index in [1.165, 1.54) is 0 Å². The van der Waals surface area contributed by atoms with Crippen LogP contribution in [0.5, 0.6) is 11.5 Å². The molecule has 0 aliphatic rings.